The van der Waals surface area contributed by atoms with Crippen molar-refractivity contribution in [1.29, 1.82) is 0 Å². The van der Waals surface area contributed by atoms with Crippen molar-refractivity contribution in [2.45, 2.75) is 0 Å². The fraction of sp³-hybridized carbons (Fsp3) is 0.167. The lowest BCUT2D eigenvalue weighted by Crippen LogP contribution is -2.19. The van der Waals surface area contributed by atoms with Crippen LogP contribution in [0.1, 0.15) is 0 Å². The van der Waals surface area contributed by atoms with Crippen LogP contribution in [0.4, 0.5) is 0 Å². The first-order chi connectivity index (χ1) is 7.72. The molecule has 0 fully saturated rings. The number of hydrogen-bond acceptors (Lipinski definition) is 3. The third-order valence-corrected chi connectivity index (χ3v) is 2.32. The van der Waals surface area contributed by atoms with E-state index in [1.54, 1.807) is 7.05 Å². The molecule has 0 aliphatic heterocycles. The van der Waals surface area contributed by atoms with E-state index in [0.717, 1.165) is 5.56 Å². The third kappa shape index (κ3) is 1.82. The SMILES string of the molecule is COc1cc(=O)n(C)nc1-c1ccccc1. The summed E-state index contributed by atoms with van der Waals surface area (Å²) in [6.45, 7) is 0. The minimum atomic E-state index is -0.184. The molecular formula is C12H12N2O2. The number of nitrogens with zero attached hydrogens (tertiary/aromatic N) is 2. The van der Waals surface area contributed by atoms with Gasteiger partial charge in [0.05, 0.1) is 7.11 Å². The highest BCUT2D eigenvalue weighted by molar-refractivity contribution is 5.65. The van der Waals surface area contributed by atoms with Crippen molar-refractivity contribution in [2.24, 2.45) is 7.05 Å². The maximum atomic E-state index is 11.4. The summed E-state index contributed by atoms with van der Waals surface area (Å²) in [5, 5.41) is 4.19. The van der Waals surface area contributed by atoms with Crippen LogP contribution in [0.25, 0.3) is 11.3 Å². The average Bonchev–Trinajstić information content (AvgIpc) is 2.33. The van der Waals surface area contributed by atoms with Crippen LogP contribution in [0.15, 0.2) is 41.2 Å². The largest absolute Gasteiger partial charge is 0.494 e. The number of benzene rings is 1. The highest BCUT2D eigenvalue weighted by atomic mass is 16.5. The van der Waals surface area contributed by atoms with E-state index in [1.165, 1.54) is 17.9 Å². The Kier molecular flexibility index (Phi) is 2.72. The van der Waals surface area contributed by atoms with Crippen molar-refractivity contribution in [3.8, 4) is 17.0 Å². The van der Waals surface area contributed by atoms with Crippen LogP contribution in [0.5, 0.6) is 5.75 Å². The van der Waals surface area contributed by atoms with E-state index in [0.29, 0.717) is 11.4 Å². The van der Waals surface area contributed by atoms with Crippen LogP contribution in [0.2, 0.25) is 0 Å². The molecule has 0 aliphatic carbocycles. The summed E-state index contributed by atoms with van der Waals surface area (Å²) in [5.41, 5.74) is 1.41. The highest BCUT2D eigenvalue weighted by Gasteiger charge is 2.09. The molecule has 82 valence electrons. The lowest BCUT2D eigenvalue weighted by Gasteiger charge is -2.08. The van der Waals surface area contributed by atoms with Crippen LogP contribution in [0, 0.1) is 0 Å². The maximum absolute atomic E-state index is 11.4. The molecule has 0 N–H and O–H groups in total. The van der Waals surface area contributed by atoms with Crippen LogP contribution in [0.3, 0.4) is 0 Å². The maximum Gasteiger partial charge on any atom is 0.270 e. The topological polar surface area (TPSA) is 44.1 Å². The van der Waals surface area contributed by atoms with Crippen LogP contribution >= 0.6 is 0 Å². The number of methoxy groups -OCH3 is 1. The summed E-state index contributed by atoms with van der Waals surface area (Å²) in [7, 11) is 3.15. The first kappa shape index (κ1) is 10.4. The summed E-state index contributed by atoms with van der Waals surface area (Å²) in [6.07, 6.45) is 0. The van der Waals surface area contributed by atoms with Crippen molar-refractivity contribution in [2.75, 3.05) is 7.11 Å². The van der Waals surface area contributed by atoms with Gasteiger partial charge in [-0.2, -0.15) is 5.10 Å². The zero-order valence-corrected chi connectivity index (χ0v) is 9.18. The first-order valence-electron chi connectivity index (χ1n) is 4.90. The van der Waals surface area contributed by atoms with E-state index in [9.17, 15) is 4.79 Å². The monoisotopic (exact) mass is 216 g/mol. The van der Waals surface area contributed by atoms with Gasteiger partial charge in [0.2, 0.25) is 0 Å². The van der Waals surface area contributed by atoms with E-state index >= 15 is 0 Å². The van der Waals surface area contributed by atoms with Gasteiger partial charge >= 0.3 is 0 Å². The molecule has 1 aromatic carbocycles. The molecule has 0 bridgehead atoms. The summed E-state index contributed by atoms with van der Waals surface area (Å²) in [4.78, 5) is 11.4. The Morgan fingerprint density at radius 1 is 1.25 bits per heavy atom. The molecule has 16 heavy (non-hydrogen) atoms. The van der Waals surface area contributed by atoms with E-state index in [-0.39, 0.29) is 5.56 Å². The quantitative estimate of drug-likeness (QED) is 0.763. The van der Waals surface area contributed by atoms with Gasteiger partial charge in [-0.15, -0.1) is 0 Å². The number of rotatable bonds is 2. The summed E-state index contributed by atoms with van der Waals surface area (Å²) in [6, 6.07) is 11.1. The van der Waals surface area contributed by atoms with Crippen molar-refractivity contribution in [1.82, 2.24) is 9.78 Å². The second-order valence-corrected chi connectivity index (χ2v) is 3.39. The van der Waals surface area contributed by atoms with Gasteiger partial charge in [-0.05, 0) is 0 Å². The number of hydrogen-bond donors (Lipinski definition) is 0. The van der Waals surface area contributed by atoms with Gasteiger partial charge in [0.25, 0.3) is 5.56 Å². The zero-order valence-electron chi connectivity index (χ0n) is 9.18. The molecule has 4 nitrogen and oxygen atoms in total. The van der Waals surface area contributed by atoms with Crippen molar-refractivity contribution in [3.05, 3.63) is 46.8 Å². The Labute approximate surface area is 93.1 Å². The minimum Gasteiger partial charge on any atom is -0.494 e. The standard InChI is InChI=1S/C12H12N2O2/c1-14-11(15)8-10(16-2)12(13-14)9-6-4-3-5-7-9/h3-8H,1-2H3. The molecule has 0 aliphatic rings. The van der Waals surface area contributed by atoms with E-state index < -0.39 is 0 Å². The zero-order chi connectivity index (χ0) is 11.5. The molecule has 0 spiro atoms. The molecule has 2 aromatic rings. The molecule has 2 rings (SSSR count). The molecule has 0 saturated carbocycles. The molecule has 0 radical (unpaired) electrons. The molecule has 0 amide bonds. The summed E-state index contributed by atoms with van der Waals surface area (Å²) in [5.74, 6) is 0.495. The predicted octanol–water partition coefficient (Wildman–Crippen LogP) is 1.46. The van der Waals surface area contributed by atoms with Gasteiger partial charge in [0.15, 0.2) is 5.75 Å². The normalized spacial score (nSPS) is 10.1. The summed E-state index contributed by atoms with van der Waals surface area (Å²) < 4.78 is 6.46. The Morgan fingerprint density at radius 2 is 1.94 bits per heavy atom. The molecule has 0 saturated heterocycles. The molecular weight excluding hydrogens is 204 g/mol. The lowest BCUT2D eigenvalue weighted by atomic mass is 10.1. The van der Waals surface area contributed by atoms with E-state index in [2.05, 4.69) is 5.10 Å². The van der Waals surface area contributed by atoms with Gasteiger partial charge in [-0.1, -0.05) is 30.3 Å². The first-order valence-corrected chi connectivity index (χ1v) is 4.90. The van der Waals surface area contributed by atoms with Gasteiger partial charge in [-0.25, -0.2) is 4.68 Å². The van der Waals surface area contributed by atoms with Crippen molar-refractivity contribution < 1.29 is 4.74 Å². The van der Waals surface area contributed by atoms with Gasteiger partial charge in [0.1, 0.15) is 5.69 Å². The predicted molar refractivity (Wildman–Crippen MR) is 61.5 cm³/mol. The number of ether oxygens (including phenoxy) is 1. The number of aromatic nitrogens is 2. The average molecular weight is 216 g/mol. The fourth-order valence-electron chi connectivity index (χ4n) is 1.47. The Hall–Kier alpha value is -2.10. The summed E-state index contributed by atoms with van der Waals surface area (Å²) >= 11 is 0. The lowest BCUT2D eigenvalue weighted by molar-refractivity contribution is 0.410. The minimum absolute atomic E-state index is 0.184. The van der Waals surface area contributed by atoms with Crippen molar-refractivity contribution >= 4 is 0 Å². The van der Waals surface area contributed by atoms with E-state index in [1.807, 2.05) is 30.3 Å². The molecule has 0 atom stereocenters. The highest BCUT2D eigenvalue weighted by Crippen LogP contribution is 2.25. The van der Waals surface area contributed by atoms with Crippen LogP contribution in [-0.4, -0.2) is 16.9 Å². The van der Waals surface area contributed by atoms with Gasteiger partial charge < -0.3 is 4.74 Å². The Bertz CT molecular complexity index is 547. The fourth-order valence-corrected chi connectivity index (χ4v) is 1.47. The Balaban J connectivity index is 2.65. The number of aryl methyl sites for hydroxylation is 1. The third-order valence-electron chi connectivity index (χ3n) is 2.32. The second-order valence-electron chi connectivity index (χ2n) is 3.39. The smallest absolute Gasteiger partial charge is 0.270 e. The van der Waals surface area contributed by atoms with E-state index in [4.69, 9.17) is 4.74 Å². The Morgan fingerprint density at radius 3 is 2.56 bits per heavy atom. The van der Waals surface area contributed by atoms with Crippen LogP contribution in [-0.2, 0) is 7.05 Å². The van der Waals surface area contributed by atoms with Crippen LogP contribution < -0.4 is 10.3 Å². The molecule has 1 heterocycles. The van der Waals surface area contributed by atoms with Gasteiger partial charge in [0, 0.05) is 18.7 Å². The molecule has 0 unspecified atom stereocenters. The van der Waals surface area contributed by atoms with Gasteiger partial charge in [-0.3, -0.25) is 4.79 Å². The van der Waals surface area contributed by atoms with Crippen molar-refractivity contribution in [3.63, 3.8) is 0 Å². The second kappa shape index (κ2) is 4.18. The molecule has 4 heteroatoms. The molecule has 1 aromatic heterocycles.